The standard InChI is InChI=1S/C15H21N3S/c1-5-18(11-12-7-6-10-19-12)13-8-9-16-14(17-13)15(2,3)4/h6-10H,5,11H2,1-4H3. The lowest BCUT2D eigenvalue weighted by atomic mass is 9.96. The second-order valence-electron chi connectivity index (χ2n) is 5.58. The van der Waals surface area contributed by atoms with E-state index >= 15 is 0 Å². The van der Waals surface area contributed by atoms with Crippen LogP contribution in [-0.4, -0.2) is 16.5 Å². The van der Waals surface area contributed by atoms with E-state index in [4.69, 9.17) is 4.98 Å². The molecule has 19 heavy (non-hydrogen) atoms. The van der Waals surface area contributed by atoms with Gasteiger partial charge in [-0.2, -0.15) is 0 Å². The van der Waals surface area contributed by atoms with Crippen LogP contribution >= 0.6 is 11.3 Å². The predicted molar refractivity (Wildman–Crippen MR) is 81.8 cm³/mol. The summed E-state index contributed by atoms with van der Waals surface area (Å²) in [5.41, 5.74) is -0.0155. The largest absolute Gasteiger partial charge is 0.352 e. The third-order valence-corrected chi connectivity index (χ3v) is 3.81. The molecule has 0 bridgehead atoms. The van der Waals surface area contributed by atoms with E-state index in [2.05, 4.69) is 55.1 Å². The quantitative estimate of drug-likeness (QED) is 0.848. The molecule has 3 nitrogen and oxygen atoms in total. The van der Waals surface area contributed by atoms with Crippen molar-refractivity contribution in [2.75, 3.05) is 11.4 Å². The van der Waals surface area contributed by atoms with Crippen molar-refractivity contribution in [3.05, 3.63) is 40.5 Å². The minimum atomic E-state index is -0.0155. The summed E-state index contributed by atoms with van der Waals surface area (Å²) in [6.45, 7) is 10.4. The average Bonchev–Trinajstić information content (AvgIpc) is 2.88. The van der Waals surface area contributed by atoms with E-state index in [9.17, 15) is 0 Å². The SMILES string of the molecule is CCN(Cc1cccs1)c1ccnc(C(C)(C)C)n1. The van der Waals surface area contributed by atoms with E-state index in [1.165, 1.54) is 4.88 Å². The van der Waals surface area contributed by atoms with Crippen molar-refractivity contribution >= 4 is 17.2 Å². The average molecular weight is 275 g/mol. The zero-order valence-electron chi connectivity index (χ0n) is 12.1. The van der Waals surface area contributed by atoms with Gasteiger partial charge in [0.15, 0.2) is 0 Å². The number of hydrogen-bond donors (Lipinski definition) is 0. The van der Waals surface area contributed by atoms with Crippen LogP contribution < -0.4 is 4.90 Å². The van der Waals surface area contributed by atoms with E-state index in [0.29, 0.717) is 0 Å². The van der Waals surface area contributed by atoms with Gasteiger partial charge in [-0.15, -0.1) is 11.3 Å². The molecule has 0 aromatic carbocycles. The highest BCUT2D eigenvalue weighted by molar-refractivity contribution is 7.09. The molecule has 0 N–H and O–H groups in total. The van der Waals surface area contributed by atoms with Gasteiger partial charge in [0.2, 0.25) is 0 Å². The van der Waals surface area contributed by atoms with E-state index in [-0.39, 0.29) is 5.41 Å². The normalized spacial score (nSPS) is 11.6. The summed E-state index contributed by atoms with van der Waals surface area (Å²) < 4.78 is 0. The third-order valence-electron chi connectivity index (χ3n) is 2.94. The minimum Gasteiger partial charge on any atom is -0.352 e. The fourth-order valence-corrected chi connectivity index (χ4v) is 2.55. The monoisotopic (exact) mass is 275 g/mol. The van der Waals surface area contributed by atoms with Gasteiger partial charge in [0.1, 0.15) is 11.6 Å². The maximum atomic E-state index is 4.72. The van der Waals surface area contributed by atoms with Crippen LogP contribution in [0.4, 0.5) is 5.82 Å². The van der Waals surface area contributed by atoms with Crippen molar-refractivity contribution in [1.29, 1.82) is 0 Å². The Kier molecular flexibility index (Phi) is 4.20. The molecule has 0 aliphatic rings. The number of anilines is 1. The van der Waals surface area contributed by atoms with E-state index < -0.39 is 0 Å². The molecule has 4 heteroatoms. The first-order valence-electron chi connectivity index (χ1n) is 6.61. The molecule has 0 aliphatic heterocycles. The fraction of sp³-hybridized carbons (Fsp3) is 0.467. The lowest BCUT2D eigenvalue weighted by Gasteiger charge is -2.23. The van der Waals surface area contributed by atoms with Crippen LogP contribution in [0.3, 0.4) is 0 Å². The number of nitrogens with zero attached hydrogens (tertiary/aromatic N) is 3. The Balaban J connectivity index is 2.23. The highest BCUT2D eigenvalue weighted by atomic mass is 32.1. The van der Waals surface area contributed by atoms with Gasteiger partial charge in [-0.3, -0.25) is 0 Å². The summed E-state index contributed by atoms with van der Waals surface area (Å²) in [5, 5.41) is 2.11. The number of rotatable bonds is 4. The van der Waals surface area contributed by atoms with E-state index in [0.717, 1.165) is 24.7 Å². The zero-order valence-corrected chi connectivity index (χ0v) is 12.9. The summed E-state index contributed by atoms with van der Waals surface area (Å²) in [4.78, 5) is 12.7. The number of aromatic nitrogens is 2. The second kappa shape index (κ2) is 5.70. The molecular weight excluding hydrogens is 254 g/mol. The van der Waals surface area contributed by atoms with Crippen molar-refractivity contribution in [3.8, 4) is 0 Å². The van der Waals surface area contributed by atoms with Crippen molar-refractivity contribution in [2.24, 2.45) is 0 Å². The summed E-state index contributed by atoms with van der Waals surface area (Å²) in [6, 6.07) is 6.25. The molecule has 2 heterocycles. The van der Waals surface area contributed by atoms with Gasteiger partial charge in [-0.05, 0) is 24.4 Å². The first-order valence-corrected chi connectivity index (χ1v) is 7.49. The number of thiophene rings is 1. The van der Waals surface area contributed by atoms with E-state index in [1.54, 1.807) is 11.3 Å². The molecule has 0 unspecified atom stereocenters. The molecule has 0 saturated carbocycles. The van der Waals surface area contributed by atoms with Crippen molar-refractivity contribution in [3.63, 3.8) is 0 Å². The van der Waals surface area contributed by atoms with Crippen LogP contribution in [0.15, 0.2) is 29.8 Å². The van der Waals surface area contributed by atoms with Gasteiger partial charge < -0.3 is 4.90 Å². The van der Waals surface area contributed by atoms with Crippen LogP contribution in [0.25, 0.3) is 0 Å². The van der Waals surface area contributed by atoms with Gasteiger partial charge in [0, 0.05) is 23.0 Å². The Bertz CT molecular complexity index is 514. The van der Waals surface area contributed by atoms with Crippen molar-refractivity contribution in [2.45, 2.75) is 39.7 Å². The molecule has 0 radical (unpaired) electrons. The molecule has 0 atom stereocenters. The summed E-state index contributed by atoms with van der Waals surface area (Å²) >= 11 is 1.79. The fourth-order valence-electron chi connectivity index (χ4n) is 1.83. The third kappa shape index (κ3) is 3.53. The van der Waals surface area contributed by atoms with Crippen LogP contribution in [0.2, 0.25) is 0 Å². The van der Waals surface area contributed by atoms with Crippen LogP contribution in [0.5, 0.6) is 0 Å². The minimum absolute atomic E-state index is 0.0155. The molecule has 0 spiro atoms. The lowest BCUT2D eigenvalue weighted by molar-refractivity contribution is 0.544. The van der Waals surface area contributed by atoms with Gasteiger partial charge in [-0.1, -0.05) is 26.8 Å². The first-order chi connectivity index (χ1) is 9.00. The molecule has 2 aromatic rings. The predicted octanol–water partition coefficient (Wildman–Crippen LogP) is 3.86. The molecule has 0 saturated heterocycles. The summed E-state index contributed by atoms with van der Waals surface area (Å²) in [5.74, 6) is 1.91. The highest BCUT2D eigenvalue weighted by Gasteiger charge is 2.18. The Morgan fingerprint density at radius 1 is 1.26 bits per heavy atom. The van der Waals surface area contributed by atoms with Crippen LogP contribution in [0, 0.1) is 0 Å². The zero-order chi connectivity index (χ0) is 13.9. The molecule has 0 amide bonds. The first kappa shape index (κ1) is 14.0. The van der Waals surface area contributed by atoms with Gasteiger partial charge in [-0.25, -0.2) is 9.97 Å². The molecule has 0 fully saturated rings. The Labute approximate surface area is 119 Å². The topological polar surface area (TPSA) is 29.0 Å². The number of hydrogen-bond acceptors (Lipinski definition) is 4. The van der Waals surface area contributed by atoms with Crippen molar-refractivity contribution in [1.82, 2.24) is 9.97 Å². The Morgan fingerprint density at radius 3 is 2.63 bits per heavy atom. The molecular formula is C15H21N3S. The highest BCUT2D eigenvalue weighted by Crippen LogP contribution is 2.22. The summed E-state index contributed by atoms with van der Waals surface area (Å²) in [6.07, 6.45) is 1.86. The molecule has 102 valence electrons. The van der Waals surface area contributed by atoms with Gasteiger partial charge >= 0.3 is 0 Å². The van der Waals surface area contributed by atoms with Crippen LogP contribution in [-0.2, 0) is 12.0 Å². The molecule has 2 aromatic heterocycles. The molecule has 2 rings (SSSR count). The summed E-state index contributed by atoms with van der Waals surface area (Å²) in [7, 11) is 0. The lowest BCUT2D eigenvalue weighted by Crippen LogP contribution is -2.25. The maximum absolute atomic E-state index is 4.72. The van der Waals surface area contributed by atoms with Gasteiger partial charge in [0.05, 0.1) is 6.54 Å². The van der Waals surface area contributed by atoms with Crippen molar-refractivity contribution < 1.29 is 0 Å². The Hall–Kier alpha value is -1.42. The smallest absolute Gasteiger partial charge is 0.135 e. The van der Waals surface area contributed by atoms with E-state index in [1.807, 2.05) is 12.3 Å². The Morgan fingerprint density at radius 2 is 2.05 bits per heavy atom. The van der Waals surface area contributed by atoms with Gasteiger partial charge in [0.25, 0.3) is 0 Å². The van der Waals surface area contributed by atoms with Crippen LogP contribution in [0.1, 0.15) is 38.4 Å². The second-order valence-corrected chi connectivity index (χ2v) is 6.61. The maximum Gasteiger partial charge on any atom is 0.135 e. The molecule has 0 aliphatic carbocycles.